The van der Waals surface area contributed by atoms with Gasteiger partial charge < -0.3 is 14.5 Å². The minimum atomic E-state index is -3.62. The number of amides is 2. The molecule has 0 saturated carbocycles. The van der Waals surface area contributed by atoms with Crippen molar-refractivity contribution in [2.75, 3.05) is 32.8 Å². The van der Waals surface area contributed by atoms with Crippen LogP contribution in [0.1, 0.15) is 22.8 Å². The van der Waals surface area contributed by atoms with Crippen LogP contribution in [0, 0.1) is 0 Å². The summed E-state index contributed by atoms with van der Waals surface area (Å²) < 4.78 is 31.1. The van der Waals surface area contributed by atoms with E-state index in [1.165, 1.54) is 0 Å². The Balaban J connectivity index is 1.43. The minimum absolute atomic E-state index is 0.147. The summed E-state index contributed by atoms with van der Waals surface area (Å²) >= 11 is 0. The number of piperazine rings is 1. The highest BCUT2D eigenvalue weighted by Crippen LogP contribution is 2.24. The van der Waals surface area contributed by atoms with E-state index in [1.807, 2.05) is 12.1 Å². The largest absolute Gasteiger partial charge is 0.450 e. The number of sulfone groups is 1. The van der Waals surface area contributed by atoms with Crippen LogP contribution in [-0.2, 0) is 20.3 Å². The zero-order valence-electron chi connectivity index (χ0n) is 18.3. The molecule has 0 atom stereocenters. The number of hydrogen-bond acceptors (Lipinski definition) is 6. The maximum Gasteiger partial charge on any atom is 0.409 e. The summed E-state index contributed by atoms with van der Waals surface area (Å²) in [7, 11) is -3.62. The van der Waals surface area contributed by atoms with E-state index in [0.29, 0.717) is 49.4 Å². The van der Waals surface area contributed by atoms with Gasteiger partial charge in [-0.1, -0.05) is 30.3 Å². The first kappa shape index (κ1) is 22.7. The van der Waals surface area contributed by atoms with Crippen molar-refractivity contribution in [2.24, 2.45) is 0 Å². The second-order valence-electron chi connectivity index (χ2n) is 7.77. The number of ether oxygens (including phenoxy) is 1. The zero-order valence-corrected chi connectivity index (χ0v) is 19.1. The number of pyridine rings is 1. The molecule has 0 aliphatic carbocycles. The van der Waals surface area contributed by atoms with Crippen LogP contribution < -0.4 is 0 Å². The summed E-state index contributed by atoms with van der Waals surface area (Å²) in [5.74, 6) is -0.332. The number of rotatable bonds is 5. The average Bonchev–Trinajstić information content (AvgIpc) is 2.84. The van der Waals surface area contributed by atoms with Gasteiger partial charge in [-0.2, -0.15) is 0 Å². The van der Waals surface area contributed by atoms with E-state index in [-0.39, 0.29) is 22.6 Å². The van der Waals surface area contributed by atoms with Crippen LogP contribution in [0.15, 0.2) is 65.7 Å². The third kappa shape index (κ3) is 4.98. The standard InChI is InChI=1S/C24H25N3O5S/c1-2-32-24(29)27-15-13-26(14-16-27)23(28)20-10-8-18(9-11-20)17-33(30,31)21-7-3-5-19-6-4-12-25-22(19)21/h3-12H,2,13-17H2,1H3. The highest BCUT2D eigenvalue weighted by atomic mass is 32.2. The normalized spacial score (nSPS) is 14.3. The van der Waals surface area contributed by atoms with Crippen molar-refractivity contribution in [3.05, 3.63) is 71.9 Å². The van der Waals surface area contributed by atoms with Crippen molar-refractivity contribution in [1.82, 2.24) is 14.8 Å². The molecule has 0 N–H and O–H groups in total. The Hall–Kier alpha value is -3.46. The molecule has 9 heteroatoms. The molecule has 1 aliphatic heterocycles. The molecule has 1 saturated heterocycles. The number of hydrogen-bond donors (Lipinski definition) is 0. The molecule has 0 unspecified atom stereocenters. The fourth-order valence-electron chi connectivity index (χ4n) is 3.86. The van der Waals surface area contributed by atoms with Gasteiger partial charge in [-0.25, -0.2) is 13.2 Å². The lowest BCUT2D eigenvalue weighted by molar-refractivity contribution is 0.0570. The van der Waals surface area contributed by atoms with Crippen LogP contribution in [0.2, 0.25) is 0 Å². The number of benzene rings is 2. The third-order valence-corrected chi connectivity index (χ3v) is 7.29. The van der Waals surface area contributed by atoms with Crippen molar-refractivity contribution in [3.8, 4) is 0 Å². The lowest BCUT2D eigenvalue weighted by Crippen LogP contribution is -2.50. The first-order chi connectivity index (χ1) is 15.9. The summed E-state index contributed by atoms with van der Waals surface area (Å²) in [5, 5.41) is 0.766. The Bertz CT molecular complexity index is 1260. The highest BCUT2D eigenvalue weighted by molar-refractivity contribution is 7.90. The topological polar surface area (TPSA) is 96.9 Å². The van der Waals surface area contributed by atoms with Crippen LogP contribution in [0.3, 0.4) is 0 Å². The monoisotopic (exact) mass is 467 g/mol. The molecular weight excluding hydrogens is 442 g/mol. The maximum absolute atomic E-state index is 13.1. The molecule has 3 aromatic rings. The summed E-state index contributed by atoms with van der Waals surface area (Å²) in [5.41, 5.74) is 1.52. The summed E-state index contributed by atoms with van der Waals surface area (Å²) in [6.07, 6.45) is 1.21. The van der Waals surface area contributed by atoms with Crippen molar-refractivity contribution in [3.63, 3.8) is 0 Å². The lowest BCUT2D eigenvalue weighted by Gasteiger charge is -2.34. The first-order valence-corrected chi connectivity index (χ1v) is 12.4. The maximum atomic E-state index is 13.1. The second kappa shape index (κ2) is 9.58. The Labute approximate surface area is 192 Å². The van der Waals surface area contributed by atoms with Gasteiger partial charge in [0.1, 0.15) is 0 Å². The lowest BCUT2D eigenvalue weighted by atomic mass is 10.1. The van der Waals surface area contributed by atoms with E-state index in [4.69, 9.17) is 4.74 Å². The summed E-state index contributed by atoms with van der Waals surface area (Å²) in [6, 6.07) is 15.3. The predicted octanol–water partition coefficient (Wildman–Crippen LogP) is 3.12. The number of fused-ring (bicyclic) bond motifs is 1. The molecule has 2 aromatic carbocycles. The van der Waals surface area contributed by atoms with Gasteiger partial charge in [0.2, 0.25) is 0 Å². The number of carbonyl (C=O) groups excluding carboxylic acids is 2. The van der Waals surface area contributed by atoms with Gasteiger partial charge in [-0.3, -0.25) is 9.78 Å². The molecule has 0 spiro atoms. The molecule has 8 nitrogen and oxygen atoms in total. The van der Waals surface area contributed by atoms with Gasteiger partial charge in [0, 0.05) is 43.3 Å². The van der Waals surface area contributed by atoms with Gasteiger partial charge in [0.15, 0.2) is 9.84 Å². The molecule has 0 radical (unpaired) electrons. The molecule has 33 heavy (non-hydrogen) atoms. The van der Waals surface area contributed by atoms with E-state index in [0.717, 1.165) is 5.39 Å². The van der Waals surface area contributed by atoms with Gasteiger partial charge in [0.25, 0.3) is 5.91 Å². The van der Waals surface area contributed by atoms with Crippen LogP contribution in [-0.4, -0.2) is 68.0 Å². The van der Waals surface area contributed by atoms with E-state index in [1.54, 1.807) is 65.4 Å². The first-order valence-electron chi connectivity index (χ1n) is 10.8. The van der Waals surface area contributed by atoms with Gasteiger partial charge in [-0.15, -0.1) is 0 Å². The summed E-state index contributed by atoms with van der Waals surface area (Å²) in [6.45, 7) is 3.74. The van der Waals surface area contributed by atoms with E-state index < -0.39 is 9.84 Å². The van der Waals surface area contributed by atoms with E-state index in [2.05, 4.69) is 4.98 Å². The number of nitrogens with zero attached hydrogens (tertiary/aromatic N) is 3. The molecule has 0 bridgehead atoms. The van der Waals surface area contributed by atoms with E-state index >= 15 is 0 Å². The third-order valence-electron chi connectivity index (χ3n) is 5.58. The van der Waals surface area contributed by atoms with Gasteiger partial charge in [0.05, 0.1) is 22.8 Å². The molecule has 2 amide bonds. The Morgan fingerprint density at radius 2 is 1.61 bits per heavy atom. The van der Waals surface area contributed by atoms with Gasteiger partial charge >= 0.3 is 6.09 Å². The highest BCUT2D eigenvalue weighted by Gasteiger charge is 2.26. The molecule has 1 fully saturated rings. The SMILES string of the molecule is CCOC(=O)N1CCN(C(=O)c2ccc(CS(=O)(=O)c3cccc4cccnc34)cc2)CC1. The fraction of sp³-hybridized carbons (Fsp3) is 0.292. The Morgan fingerprint density at radius 1 is 0.939 bits per heavy atom. The van der Waals surface area contributed by atoms with Crippen LogP contribution in [0.5, 0.6) is 0 Å². The Kier molecular flexibility index (Phi) is 6.60. The zero-order chi connectivity index (χ0) is 23.4. The second-order valence-corrected chi connectivity index (χ2v) is 9.72. The smallest absolute Gasteiger partial charge is 0.409 e. The minimum Gasteiger partial charge on any atom is -0.450 e. The quantitative estimate of drug-likeness (QED) is 0.572. The summed E-state index contributed by atoms with van der Waals surface area (Å²) in [4.78, 5) is 32.4. The Morgan fingerprint density at radius 3 is 2.30 bits per heavy atom. The van der Waals surface area contributed by atoms with Gasteiger partial charge in [-0.05, 0) is 36.8 Å². The number of para-hydroxylation sites is 1. The van der Waals surface area contributed by atoms with Crippen molar-refractivity contribution < 1.29 is 22.7 Å². The number of carbonyl (C=O) groups is 2. The molecular formula is C24H25N3O5S. The van der Waals surface area contributed by atoms with E-state index in [9.17, 15) is 18.0 Å². The molecule has 1 aliphatic rings. The fourth-order valence-corrected chi connectivity index (χ4v) is 5.40. The predicted molar refractivity (Wildman–Crippen MR) is 124 cm³/mol. The van der Waals surface area contributed by atoms with Crippen LogP contribution in [0.25, 0.3) is 10.9 Å². The van der Waals surface area contributed by atoms with Crippen molar-refractivity contribution >= 4 is 32.7 Å². The number of aromatic nitrogens is 1. The molecule has 1 aromatic heterocycles. The molecule has 4 rings (SSSR count). The average molecular weight is 468 g/mol. The van der Waals surface area contributed by atoms with Crippen molar-refractivity contribution in [1.29, 1.82) is 0 Å². The van der Waals surface area contributed by atoms with Crippen molar-refractivity contribution in [2.45, 2.75) is 17.6 Å². The molecule has 2 heterocycles. The van der Waals surface area contributed by atoms with Crippen LogP contribution in [0.4, 0.5) is 4.79 Å². The molecule has 172 valence electrons. The van der Waals surface area contributed by atoms with Crippen LogP contribution >= 0.6 is 0 Å².